The average molecular weight is 202 g/mol. The van der Waals surface area contributed by atoms with Gasteiger partial charge in [-0.25, -0.2) is 0 Å². The van der Waals surface area contributed by atoms with Crippen molar-refractivity contribution in [3.8, 4) is 0 Å². The first kappa shape index (κ1) is 15.0. The summed E-state index contributed by atoms with van der Waals surface area (Å²) in [7, 11) is 2.97. The van der Waals surface area contributed by atoms with Crippen LogP contribution in [0.5, 0.6) is 0 Å². The van der Waals surface area contributed by atoms with E-state index in [9.17, 15) is 0 Å². The molecule has 0 radical (unpaired) electrons. The highest BCUT2D eigenvalue weighted by Crippen LogP contribution is 1.87. The maximum absolute atomic E-state index is 7.75. The first-order valence-electron chi connectivity index (χ1n) is 3.76. The molecule has 0 spiro atoms. The fourth-order valence-electron chi connectivity index (χ4n) is 0.240. The van der Waals surface area contributed by atoms with Crippen LogP contribution in [0.3, 0.4) is 0 Å². The molecule has 0 heterocycles. The normalized spacial score (nSPS) is 12.3. The Kier molecular flexibility index (Phi) is 12.4. The Morgan fingerprint density at radius 3 is 1.29 bits per heavy atom. The van der Waals surface area contributed by atoms with Crippen molar-refractivity contribution in [2.24, 2.45) is 10.2 Å². The maximum Gasteiger partial charge on any atom is 0.133 e. The smallest absolute Gasteiger partial charge is 0.133 e. The molecule has 0 amide bonds. The molecule has 80 valence electrons. The molecule has 0 saturated heterocycles. The summed E-state index contributed by atoms with van der Waals surface area (Å²) in [5, 5.41) is 6.40. The van der Waals surface area contributed by atoms with Crippen molar-refractivity contribution in [1.29, 1.82) is 0 Å². The van der Waals surface area contributed by atoms with E-state index >= 15 is 0 Å². The highest BCUT2D eigenvalue weighted by Gasteiger charge is 1.87. The summed E-state index contributed by atoms with van der Waals surface area (Å²) in [5.41, 5.74) is 15.5. The van der Waals surface area contributed by atoms with E-state index in [-0.39, 0.29) is 12.5 Å². The van der Waals surface area contributed by atoms with Crippen LogP contribution in [-0.2, 0) is 9.47 Å². The lowest BCUT2D eigenvalue weighted by molar-refractivity contribution is 0.124. The molecule has 8 nitrogen and oxygen atoms in total. The molecule has 2 unspecified atom stereocenters. The third-order valence-corrected chi connectivity index (χ3v) is 1.11. The van der Waals surface area contributed by atoms with Crippen LogP contribution in [0.15, 0.2) is 10.2 Å². The van der Waals surface area contributed by atoms with E-state index in [4.69, 9.17) is 11.1 Å². The van der Waals surface area contributed by atoms with Crippen LogP contribution in [0.2, 0.25) is 0 Å². The zero-order valence-electron chi connectivity index (χ0n) is 8.65. The molecule has 0 aromatic carbocycles. The van der Waals surface area contributed by atoms with Crippen molar-refractivity contribution in [2.75, 3.05) is 14.2 Å². The summed E-state index contributed by atoms with van der Waals surface area (Å²) < 4.78 is 9.14. The third-order valence-electron chi connectivity index (χ3n) is 1.11. The summed E-state index contributed by atoms with van der Waals surface area (Å²) >= 11 is 0. The Morgan fingerprint density at radius 2 is 1.21 bits per heavy atom. The second-order valence-electron chi connectivity index (χ2n) is 2.08. The highest BCUT2D eigenvalue weighted by atomic mass is 16.5. The number of nitrogens with zero attached hydrogens (tertiary/aromatic N) is 6. The van der Waals surface area contributed by atoms with Crippen LogP contribution in [0.1, 0.15) is 13.8 Å². The second-order valence-corrected chi connectivity index (χ2v) is 2.08. The molecule has 8 heteroatoms. The lowest BCUT2D eigenvalue weighted by Crippen LogP contribution is -1.96. The number of rotatable bonds is 4. The quantitative estimate of drug-likeness (QED) is 0.395. The Labute approximate surface area is 82.1 Å². The van der Waals surface area contributed by atoms with E-state index in [1.807, 2.05) is 0 Å². The van der Waals surface area contributed by atoms with Crippen LogP contribution in [0.25, 0.3) is 20.9 Å². The number of ether oxygens (including phenoxy) is 2. The SMILES string of the molecule is COC(C)N=[N+]=[N-].COC(C)N=[N+]=[N-]. The van der Waals surface area contributed by atoms with E-state index in [1.54, 1.807) is 13.8 Å². The molecule has 0 fully saturated rings. The van der Waals surface area contributed by atoms with Gasteiger partial charge in [0.05, 0.1) is 0 Å². The van der Waals surface area contributed by atoms with Gasteiger partial charge in [0.25, 0.3) is 0 Å². The number of azide groups is 2. The van der Waals surface area contributed by atoms with E-state index in [0.29, 0.717) is 0 Å². The molecule has 0 aliphatic carbocycles. The molecule has 0 N–H and O–H groups in total. The fourth-order valence-corrected chi connectivity index (χ4v) is 0.240. The van der Waals surface area contributed by atoms with Crippen molar-refractivity contribution in [3.63, 3.8) is 0 Å². The molecule has 0 rings (SSSR count). The molecular formula is C6H14N6O2. The van der Waals surface area contributed by atoms with Crippen molar-refractivity contribution in [2.45, 2.75) is 26.3 Å². The second kappa shape index (κ2) is 11.5. The number of hydrogen-bond donors (Lipinski definition) is 0. The highest BCUT2D eigenvalue weighted by molar-refractivity contribution is 4.45. The summed E-state index contributed by atoms with van der Waals surface area (Å²) in [4.78, 5) is 5.01. The minimum absolute atomic E-state index is 0.343. The Bertz CT molecular complexity index is 196. The molecule has 0 bridgehead atoms. The topological polar surface area (TPSA) is 116 Å². The predicted octanol–water partition coefficient (Wildman–Crippen LogP) is 2.58. The standard InChI is InChI=1S/2C3H7N3O/c2*1-3(7-2)5-6-4/h2*3H,1-2H3. The van der Waals surface area contributed by atoms with Gasteiger partial charge < -0.3 is 9.47 Å². The van der Waals surface area contributed by atoms with Gasteiger partial charge in [0, 0.05) is 24.0 Å². The van der Waals surface area contributed by atoms with E-state index in [1.165, 1.54) is 14.2 Å². The van der Waals surface area contributed by atoms with E-state index in [0.717, 1.165) is 0 Å². The van der Waals surface area contributed by atoms with Crippen molar-refractivity contribution < 1.29 is 9.47 Å². The average Bonchev–Trinajstić information content (AvgIpc) is 2.19. The van der Waals surface area contributed by atoms with Gasteiger partial charge in [-0.05, 0) is 24.9 Å². The molecule has 2 atom stereocenters. The number of methoxy groups -OCH3 is 2. The van der Waals surface area contributed by atoms with E-state index < -0.39 is 0 Å². The van der Waals surface area contributed by atoms with Gasteiger partial charge in [0.1, 0.15) is 12.5 Å². The van der Waals surface area contributed by atoms with Crippen molar-refractivity contribution in [3.05, 3.63) is 20.9 Å². The summed E-state index contributed by atoms with van der Waals surface area (Å²) in [6, 6.07) is 0. The summed E-state index contributed by atoms with van der Waals surface area (Å²) in [6.45, 7) is 3.33. The van der Waals surface area contributed by atoms with Gasteiger partial charge in [-0.2, -0.15) is 0 Å². The molecule has 14 heavy (non-hydrogen) atoms. The zero-order chi connectivity index (χ0) is 11.4. The molecule has 0 aliphatic rings. The van der Waals surface area contributed by atoms with Crippen LogP contribution < -0.4 is 0 Å². The summed E-state index contributed by atoms with van der Waals surface area (Å²) in [6.07, 6.45) is -0.685. The molecule has 0 aromatic rings. The molecule has 0 aromatic heterocycles. The fraction of sp³-hybridized carbons (Fsp3) is 1.00. The lowest BCUT2D eigenvalue weighted by atomic mass is 10.7. The number of hydrogen-bond acceptors (Lipinski definition) is 4. The predicted molar refractivity (Wildman–Crippen MR) is 51.2 cm³/mol. The van der Waals surface area contributed by atoms with Gasteiger partial charge in [-0.15, -0.1) is 0 Å². The molecular weight excluding hydrogens is 188 g/mol. The molecule has 0 aliphatic heterocycles. The first-order chi connectivity index (χ1) is 6.62. The van der Waals surface area contributed by atoms with Crippen LogP contribution in [-0.4, -0.2) is 26.7 Å². The van der Waals surface area contributed by atoms with E-state index in [2.05, 4.69) is 29.5 Å². The minimum Gasteiger partial charge on any atom is -0.376 e. The Hall–Kier alpha value is -1.46. The Morgan fingerprint density at radius 1 is 0.929 bits per heavy atom. The van der Waals surface area contributed by atoms with Crippen LogP contribution >= 0.6 is 0 Å². The van der Waals surface area contributed by atoms with Crippen molar-refractivity contribution in [1.82, 2.24) is 0 Å². The van der Waals surface area contributed by atoms with Crippen molar-refractivity contribution >= 4 is 0 Å². The van der Waals surface area contributed by atoms with Gasteiger partial charge in [-0.3, -0.25) is 0 Å². The van der Waals surface area contributed by atoms with Crippen LogP contribution in [0, 0.1) is 0 Å². The monoisotopic (exact) mass is 202 g/mol. The first-order valence-corrected chi connectivity index (χ1v) is 3.76. The van der Waals surface area contributed by atoms with Gasteiger partial charge in [0.2, 0.25) is 0 Å². The Balaban J connectivity index is 0. The largest absolute Gasteiger partial charge is 0.376 e. The lowest BCUT2D eigenvalue weighted by Gasteiger charge is -1.95. The minimum atomic E-state index is -0.343. The van der Waals surface area contributed by atoms with Gasteiger partial charge in [-0.1, -0.05) is 10.2 Å². The molecule has 0 saturated carbocycles. The third kappa shape index (κ3) is 13.2. The van der Waals surface area contributed by atoms with Gasteiger partial charge in [0.15, 0.2) is 0 Å². The van der Waals surface area contributed by atoms with Crippen LogP contribution in [0.4, 0.5) is 0 Å². The maximum atomic E-state index is 7.75. The zero-order valence-corrected chi connectivity index (χ0v) is 8.65. The summed E-state index contributed by atoms with van der Waals surface area (Å²) in [5.74, 6) is 0. The van der Waals surface area contributed by atoms with Gasteiger partial charge >= 0.3 is 0 Å².